The zero-order valence-corrected chi connectivity index (χ0v) is 10.3. The maximum Gasteiger partial charge on any atom is 0.416 e. The Labute approximate surface area is 104 Å². The molecule has 0 aromatic heterocycles. The maximum absolute atomic E-state index is 12.7. The van der Waals surface area contributed by atoms with E-state index in [-0.39, 0.29) is 6.04 Å². The molecular weight excluding hydrogens is 243 g/mol. The van der Waals surface area contributed by atoms with Gasteiger partial charge in [-0.1, -0.05) is 0 Å². The summed E-state index contributed by atoms with van der Waals surface area (Å²) < 4.78 is 38.1. The molecule has 18 heavy (non-hydrogen) atoms. The molecular formula is C12H16F3N3. The molecule has 0 spiro atoms. The van der Waals surface area contributed by atoms with Gasteiger partial charge in [0.05, 0.1) is 23.0 Å². The van der Waals surface area contributed by atoms with Crippen molar-refractivity contribution in [2.75, 3.05) is 37.0 Å². The summed E-state index contributed by atoms with van der Waals surface area (Å²) in [5, 5.41) is 0. The van der Waals surface area contributed by atoms with Gasteiger partial charge in [0.2, 0.25) is 0 Å². The molecule has 0 saturated carbocycles. The molecule has 100 valence electrons. The molecule has 1 heterocycles. The number of rotatable bonds is 1. The van der Waals surface area contributed by atoms with Crippen molar-refractivity contribution in [2.45, 2.75) is 12.2 Å². The fourth-order valence-corrected chi connectivity index (χ4v) is 2.27. The van der Waals surface area contributed by atoms with E-state index in [0.29, 0.717) is 18.8 Å². The Morgan fingerprint density at radius 2 is 1.94 bits per heavy atom. The number of hydrogen-bond donors (Lipinski definition) is 1. The summed E-state index contributed by atoms with van der Waals surface area (Å²) in [5.74, 6) is 0. The zero-order valence-electron chi connectivity index (χ0n) is 10.3. The van der Waals surface area contributed by atoms with Gasteiger partial charge in [-0.2, -0.15) is 13.2 Å². The van der Waals surface area contributed by atoms with Crippen LogP contribution in [-0.2, 0) is 6.18 Å². The Hall–Kier alpha value is -1.43. The SMILES string of the molecule is CN1CC(CN)N(C)c2cc(C(F)(F)F)ccc21. The molecule has 1 aliphatic heterocycles. The van der Waals surface area contributed by atoms with Crippen LogP contribution in [0.1, 0.15) is 5.56 Å². The highest BCUT2D eigenvalue weighted by Crippen LogP contribution is 2.39. The highest BCUT2D eigenvalue weighted by molar-refractivity contribution is 5.74. The molecule has 1 aromatic carbocycles. The van der Waals surface area contributed by atoms with Crippen LogP contribution in [0.25, 0.3) is 0 Å². The fraction of sp³-hybridized carbons (Fsp3) is 0.500. The number of alkyl halides is 3. The molecule has 2 N–H and O–H groups in total. The third-order valence-electron chi connectivity index (χ3n) is 3.40. The van der Waals surface area contributed by atoms with Crippen molar-refractivity contribution in [3.8, 4) is 0 Å². The summed E-state index contributed by atoms with van der Waals surface area (Å²) in [6.07, 6.45) is -4.32. The Morgan fingerprint density at radius 1 is 1.28 bits per heavy atom. The number of nitrogens with zero attached hydrogens (tertiary/aromatic N) is 2. The molecule has 1 aliphatic rings. The summed E-state index contributed by atoms with van der Waals surface area (Å²) in [7, 11) is 3.64. The van der Waals surface area contributed by atoms with E-state index in [2.05, 4.69) is 0 Å². The van der Waals surface area contributed by atoms with Crippen LogP contribution in [0, 0.1) is 0 Å². The van der Waals surface area contributed by atoms with Crippen molar-refractivity contribution in [3.63, 3.8) is 0 Å². The Kier molecular flexibility index (Phi) is 3.14. The van der Waals surface area contributed by atoms with Crippen LogP contribution in [-0.4, -0.2) is 33.2 Å². The number of likely N-dealkylation sites (N-methyl/N-ethyl adjacent to an activating group) is 2. The first-order chi connectivity index (χ1) is 8.34. The van der Waals surface area contributed by atoms with Crippen LogP contribution in [0.4, 0.5) is 24.5 Å². The summed E-state index contributed by atoms with van der Waals surface area (Å²) in [4.78, 5) is 3.76. The van der Waals surface area contributed by atoms with Crippen LogP contribution in [0.5, 0.6) is 0 Å². The first kappa shape index (κ1) is 13.0. The van der Waals surface area contributed by atoms with Crippen LogP contribution in [0.2, 0.25) is 0 Å². The summed E-state index contributed by atoms with van der Waals surface area (Å²) in [6.45, 7) is 1.13. The normalized spacial score (nSPS) is 20.0. The van der Waals surface area contributed by atoms with Crippen molar-refractivity contribution in [1.82, 2.24) is 0 Å². The average Bonchev–Trinajstić information content (AvgIpc) is 2.32. The van der Waals surface area contributed by atoms with Crippen LogP contribution < -0.4 is 15.5 Å². The van der Waals surface area contributed by atoms with Gasteiger partial charge in [-0.05, 0) is 18.2 Å². The second kappa shape index (κ2) is 4.35. The average molecular weight is 259 g/mol. The lowest BCUT2D eigenvalue weighted by Gasteiger charge is -2.41. The van der Waals surface area contributed by atoms with E-state index in [1.54, 1.807) is 7.05 Å². The molecule has 1 unspecified atom stereocenters. The summed E-state index contributed by atoms with van der Waals surface area (Å²) in [5.41, 5.74) is 6.40. The first-order valence-corrected chi connectivity index (χ1v) is 5.70. The smallest absolute Gasteiger partial charge is 0.371 e. The molecule has 0 fully saturated rings. The van der Waals surface area contributed by atoms with Gasteiger partial charge in [-0.3, -0.25) is 0 Å². The predicted molar refractivity (Wildman–Crippen MR) is 66.0 cm³/mol. The molecule has 0 radical (unpaired) electrons. The number of fused-ring (bicyclic) bond motifs is 1. The standard InChI is InChI=1S/C12H16F3N3/c1-17-7-9(6-16)18(2)11-5-8(12(13,14)15)3-4-10(11)17/h3-5,9H,6-7,16H2,1-2H3. The largest absolute Gasteiger partial charge is 0.416 e. The number of halogens is 3. The minimum absolute atomic E-state index is 0.0333. The third-order valence-corrected chi connectivity index (χ3v) is 3.40. The lowest BCUT2D eigenvalue weighted by atomic mass is 10.1. The molecule has 1 aromatic rings. The predicted octanol–water partition coefficient (Wildman–Crippen LogP) is 1.92. The second-order valence-electron chi connectivity index (χ2n) is 4.58. The van der Waals surface area contributed by atoms with Crippen LogP contribution >= 0.6 is 0 Å². The molecule has 0 aliphatic carbocycles. The molecule has 0 saturated heterocycles. The number of hydrogen-bond acceptors (Lipinski definition) is 3. The third kappa shape index (κ3) is 2.12. The first-order valence-electron chi connectivity index (χ1n) is 5.70. The Bertz CT molecular complexity index is 445. The van der Waals surface area contributed by atoms with Gasteiger partial charge < -0.3 is 15.5 Å². The molecule has 3 nitrogen and oxygen atoms in total. The highest BCUT2D eigenvalue weighted by Gasteiger charge is 2.33. The maximum atomic E-state index is 12.7. The van der Waals surface area contributed by atoms with Crippen molar-refractivity contribution in [3.05, 3.63) is 23.8 Å². The van der Waals surface area contributed by atoms with Gasteiger partial charge >= 0.3 is 6.18 Å². The van der Waals surface area contributed by atoms with E-state index < -0.39 is 11.7 Å². The topological polar surface area (TPSA) is 32.5 Å². The van der Waals surface area contributed by atoms with Gasteiger partial charge in [0.15, 0.2) is 0 Å². The van der Waals surface area contributed by atoms with E-state index in [0.717, 1.165) is 11.8 Å². The van der Waals surface area contributed by atoms with Crippen LogP contribution in [0.15, 0.2) is 18.2 Å². The van der Waals surface area contributed by atoms with Crippen molar-refractivity contribution < 1.29 is 13.2 Å². The quantitative estimate of drug-likeness (QED) is 0.836. The molecule has 0 bridgehead atoms. The molecule has 2 rings (SSSR count). The van der Waals surface area contributed by atoms with Crippen molar-refractivity contribution in [2.24, 2.45) is 5.73 Å². The molecule has 6 heteroatoms. The number of anilines is 2. The van der Waals surface area contributed by atoms with Crippen LogP contribution in [0.3, 0.4) is 0 Å². The molecule has 1 atom stereocenters. The van der Waals surface area contributed by atoms with Gasteiger partial charge in [0, 0.05) is 27.2 Å². The van der Waals surface area contributed by atoms with E-state index in [4.69, 9.17) is 5.73 Å². The lowest BCUT2D eigenvalue weighted by Crippen LogP contribution is -2.49. The van der Waals surface area contributed by atoms with Crippen molar-refractivity contribution >= 4 is 11.4 Å². The molecule has 0 amide bonds. The fourth-order valence-electron chi connectivity index (χ4n) is 2.27. The summed E-state index contributed by atoms with van der Waals surface area (Å²) >= 11 is 0. The lowest BCUT2D eigenvalue weighted by molar-refractivity contribution is -0.137. The second-order valence-corrected chi connectivity index (χ2v) is 4.58. The highest BCUT2D eigenvalue weighted by atomic mass is 19.4. The number of nitrogens with two attached hydrogens (primary N) is 1. The van der Waals surface area contributed by atoms with E-state index in [1.165, 1.54) is 12.1 Å². The zero-order chi connectivity index (χ0) is 13.5. The Morgan fingerprint density at radius 3 is 2.50 bits per heavy atom. The van der Waals surface area contributed by atoms with E-state index >= 15 is 0 Å². The van der Waals surface area contributed by atoms with Crippen molar-refractivity contribution in [1.29, 1.82) is 0 Å². The van der Waals surface area contributed by atoms with E-state index in [9.17, 15) is 13.2 Å². The van der Waals surface area contributed by atoms with Gasteiger partial charge in [-0.15, -0.1) is 0 Å². The van der Waals surface area contributed by atoms with E-state index in [1.807, 2.05) is 16.8 Å². The summed E-state index contributed by atoms with van der Waals surface area (Å²) in [6, 6.07) is 3.85. The van der Waals surface area contributed by atoms with Gasteiger partial charge in [0.25, 0.3) is 0 Å². The monoisotopic (exact) mass is 259 g/mol. The van der Waals surface area contributed by atoms with Gasteiger partial charge in [0.1, 0.15) is 0 Å². The minimum Gasteiger partial charge on any atom is -0.371 e. The Balaban J connectivity index is 2.47. The minimum atomic E-state index is -4.32. The van der Waals surface area contributed by atoms with Gasteiger partial charge in [-0.25, -0.2) is 0 Å². The number of benzene rings is 1.